The van der Waals surface area contributed by atoms with E-state index in [4.69, 9.17) is 10.5 Å². The van der Waals surface area contributed by atoms with Crippen LogP contribution in [0.3, 0.4) is 0 Å². The van der Waals surface area contributed by atoms with Crippen molar-refractivity contribution < 1.29 is 9.13 Å². The van der Waals surface area contributed by atoms with Gasteiger partial charge in [0.05, 0.1) is 13.2 Å². The largest absolute Gasteiger partial charge is 0.375 e. The van der Waals surface area contributed by atoms with Crippen LogP contribution in [0, 0.1) is 5.82 Å². The summed E-state index contributed by atoms with van der Waals surface area (Å²) in [5, 5.41) is 0. The fraction of sp³-hybridized carbons (Fsp3) is 0.455. The number of nitrogens with two attached hydrogens (primary N) is 1. The minimum atomic E-state index is -0.216. The minimum absolute atomic E-state index is 0.0694. The minimum Gasteiger partial charge on any atom is -0.375 e. The van der Waals surface area contributed by atoms with E-state index in [2.05, 4.69) is 0 Å². The second-order valence-corrected chi connectivity index (χ2v) is 3.98. The summed E-state index contributed by atoms with van der Waals surface area (Å²) in [6.45, 7) is 1.11. The van der Waals surface area contributed by atoms with Gasteiger partial charge in [0.25, 0.3) is 0 Å². The van der Waals surface area contributed by atoms with Crippen molar-refractivity contribution in [2.45, 2.75) is 25.0 Å². The number of hydrogen-bond acceptors (Lipinski definition) is 2. The first-order chi connectivity index (χ1) is 6.68. The maximum atomic E-state index is 12.5. The Hall–Kier alpha value is -0.930. The van der Waals surface area contributed by atoms with Gasteiger partial charge in [-0.1, -0.05) is 12.1 Å². The summed E-state index contributed by atoms with van der Waals surface area (Å²) < 4.78 is 18.0. The Morgan fingerprint density at radius 3 is 2.50 bits per heavy atom. The van der Waals surface area contributed by atoms with Gasteiger partial charge in [-0.05, 0) is 30.5 Å². The molecular weight excluding hydrogens is 181 g/mol. The van der Waals surface area contributed by atoms with Crippen LogP contribution >= 0.6 is 0 Å². The van der Waals surface area contributed by atoms with Crippen LogP contribution in [-0.2, 0) is 11.3 Å². The summed E-state index contributed by atoms with van der Waals surface area (Å²) in [6.07, 6.45) is 2.10. The molecule has 76 valence electrons. The molecule has 1 fully saturated rings. The molecule has 0 saturated heterocycles. The normalized spacial score (nSPS) is 18.1. The van der Waals surface area contributed by atoms with Crippen molar-refractivity contribution in [2.75, 3.05) is 6.61 Å². The van der Waals surface area contributed by atoms with Gasteiger partial charge in [0, 0.05) is 5.54 Å². The molecular formula is C11H14FNO. The zero-order valence-corrected chi connectivity index (χ0v) is 8.00. The third-order valence-electron chi connectivity index (χ3n) is 2.46. The maximum absolute atomic E-state index is 12.5. The van der Waals surface area contributed by atoms with E-state index in [1.54, 1.807) is 12.1 Å². The lowest BCUT2D eigenvalue weighted by Gasteiger charge is -2.09. The number of halogens is 1. The molecule has 2 nitrogen and oxygen atoms in total. The first-order valence-electron chi connectivity index (χ1n) is 4.79. The van der Waals surface area contributed by atoms with E-state index in [9.17, 15) is 4.39 Å². The van der Waals surface area contributed by atoms with Crippen LogP contribution in [0.1, 0.15) is 18.4 Å². The van der Waals surface area contributed by atoms with Gasteiger partial charge in [-0.3, -0.25) is 0 Å². The lowest BCUT2D eigenvalue weighted by molar-refractivity contribution is 0.102. The average molecular weight is 195 g/mol. The quantitative estimate of drug-likeness (QED) is 0.795. The molecule has 1 aromatic rings. The highest BCUT2D eigenvalue weighted by atomic mass is 19.1. The second kappa shape index (κ2) is 3.67. The van der Waals surface area contributed by atoms with Crippen LogP contribution in [0.25, 0.3) is 0 Å². The fourth-order valence-corrected chi connectivity index (χ4v) is 1.26. The molecule has 0 heterocycles. The Bertz CT molecular complexity index is 306. The summed E-state index contributed by atoms with van der Waals surface area (Å²) in [4.78, 5) is 0. The van der Waals surface area contributed by atoms with Crippen molar-refractivity contribution in [3.63, 3.8) is 0 Å². The molecule has 2 N–H and O–H groups in total. The SMILES string of the molecule is NC1(COCc2ccc(F)cc2)CC1. The van der Waals surface area contributed by atoms with E-state index >= 15 is 0 Å². The highest BCUT2D eigenvalue weighted by Crippen LogP contribution is 2.32. The number of ether oxygens (including phenoxy) is 1. The average Bonchev–Trinajstić information content (AvgIpc) is 2.88. The summed E-state index contributed by atoms with van der Waals surface area (Å²) in [6, 6.07) is 6.33. The van der Waals surface area contributed by atoms with Crippen molar-refractivity contribution >= 4 is 0 Å². The van der Waals surface area contributed by atoms with Gasteiger partial charge < -0.3 is 10.5 Å². The zero-order valence-electron chi connectivity index (χ0n) is 8.00. The fourth-order valence-electron chi connectivity index (χ4n) is 1.26. The van der Waals surface area contributed by atoms with Crippen molar-refractivity contribution in [2.24, 2.45) is 5.73 Å². The van der Waals surface area contributed by atoms with Crippen LogP contribution in [-0.4, -0.2) is 12.1 Å². The van der Waals surface area contributed by atoms with Crippen LogP contribution < -0.4 is 5.73 Å². The second-order valence-electron chi connectivity index (χ2n) is 3.98. The molecule has 1 aliphatic rings. The van der Waals surface area contributed by atoms with Crippen LogP contribution in [0.5, 0.6) is 0 Å². The first-order valence-corrected chi connectivity index (χ1v) is 4.79. The Morgan fingerprint density at radius 1 is 1.29 bits per heavy atom. The van der Waals surface area contributed by atoms with Crippen LogP contribution in [0.2, 0.25) is 0 Å². The van der Waals surface area contributed by atoms with Crippen LogP contribution in [0.4, 0.5) is 4.39 Å². The molecule has 0 aromatic heterocycles. The summed E-state index contributed by atoms with van der Waals surface area (Å²) in [5.74, 6) is -0.216. The molecule has 0 radical (unpaired) electrons. The lowest BCUT2D eigenvalue weighted by Crippen LogP contribution is -2.27. The highest BCUT2D eigenvalue weighted by molar-refractivity contribution is 5.15. The molecule has 0 aliphatic heterocycles. The Kier molecular flexibility index (Phi) is 2.52. The third-order valence-corrected chi connectivity index (χ3v) is 2.46. The molecule has 1 aromatic carbocycles. The summed E-state index contributed by atoms with van der Waals surface area (Å²) in [5.41, 5.74) is 6.76. The molecule has 14 heavy (non-hydrogen) atoms. The lowest BCUT2D eigenvalue weighted by atomic mass is 10.2. The Balaban J connectivity index is 1.77. The van der Waals surface area contributed by atoms with Crippen molar-refractivity contribution in [3.8, 4) is 0 Å². The van der Waals surface area contributed by atoms with E-state index in [-0.39, 0.29) is 11.4 Å². The number of rotatable bonds is 4. The molecule has 0 atom stereocenters. The molecule has 0 unspecified atom stereocenters. The van der Waals surface area contributed by atoms with E-state index < -0.39 is 0 Å². The Morgan fingerprint density at radius 2 is 1.93 bits per heavy atom. The zero-order chi connectivity index (χ0) is 10.0. The molecule has 0 amide bonds. The number of hydrogen-bond donors (Lipinski definition) is 1. The molecule has 1 saturated carbocycles. The molecule has 3 heteroatoms. The molecule has 1 aliphatic carbocycles. The van der Waals surface area contributed by atoms with Gasteiger partial charge in [0.1, 0.15) is 5.82 Å². The van der Waals surface area contributed by atoms with Gasteiger partial charge in [-0.2, -0.15) is 0 Å². The third kappa shape index (κ3) is 2.53. The van der Waals surface area contributed by atoms with E-state index in [1.807, 2.05) is 0 Å². The molecule has 0 spiro atoms. The first kappa shape index (κ1) is 9.62. The van der Waals surface area contributed by atoms with E-state index in [0.29, 0.717) is 13.2 Å². The molecule has 0 bridgehead atoms. The molecule has 2 rings (SSSR count). The number of benzene rings is 1. The predicted molar refractivity (Wildman–Crippen MR) is 52.2 cm³/mol. The van der Waals surface area contributed by atoms with E-state index in [1.165, 1.54) is 12.1 Å². The standard InChI is InChI=1S/C11H14FNO/c12-10-3-1-9(2-4-10)7-14-8-11(13)5-6-11/h1-4H,5-8,13H2. The van der Waals surface area contributed by atoms with Crippen molar-refractivity contribution in [3.05, 3.63) is 35.6 Å². The Labute approximate surface area is 82.9 Å². The van der Waals surface area contributed by atoms with Crippen molar-refractivity contribution in [1.82, 2.24) is 0 Å². The monoisotopic (exact) mass is 195 g/mol. The van der Waals surface area contributed by atoms with Gasteiger partial charge in [-0.15, -0.1) is 0 Å². The highest BCUT2D eigenvalue weighted by Gasteiger charge is 2.38. The van der Waals surface area contributed by atoms with Gasteiger partial charge in [0.15, 0.2) is 0 Å². The summed E-state index contributed by atoms with van der Waals surface area (Å²) in [7, 11) is 0. The smallest absolute Gasteiger partial charge is 0.123 e. The summed E-state index contributed by atoms with van der Waals surface area (Å²) >= 11 is 0. The van der Waals surface area contributed by atoms with Crippen LogP contribution in [0.15, 0.2) is 24.3 Å². The van der Waals surface area contributed by atoms with Gasteiger partial charge in [0.2, 0.25) is 0 Å². The van der Waals surface area contributed by atoms with Gasteiger partial charge >= 0.3 is 0 Å². The van der Waals surface area contributed by atoms with Gasteiger partial charge in [-0.25, -0.2) is 4.39 Å². The predicted octanol–water partition coefficient (Wildman–Crippen LogP) is 1.83. The topological polar surface area (TPSA) is 35.2 Å². The van der Waals surface area contributed by atoms with Crippen molar-refractivity contribution in [1.29, 1.82) is 0 Å². The van der Waals surface area contributed by atoms with E-state index in [0.717, 1.165) is 18.4 Å². The maximum Gasteiger partial charge on any atom is 0.123 e.